The van der Waals surface area contributed by atoms with Gasteiger partial charge < -0.3 is 16.4 Å². The Morgan fingerprint density at radius 1 is 1.09 bits per heavy atom. The number of nitrogens with zero attached hydrogens (tertiary/aromatic N) is 3. The van der Waals surface area contributed by atoms with Crippen molar-refractivity contribution in [2.45, 2.75) is 45.2 Å². The number of benzene rings is 1. The molecule has 5 nitrogen and oxygen atoms in total. The van der Waals surface area contributed by atoms with E-state index in [4.69, 9.17) is 11.5 Å². The summed E-state index contributed by atoms with van der Waals surface area (Å²) in [5, 5.41) is 0. The van der Waals surface area contributed by atoms with Crippen molar-refractivity contribution in [3.63, 3.8) is 0 Å². The van der Waals surface area contributed by atoms with Crippen LogP contribution in [0.3, 0.4) is 0 Å². The Bertz CT molecular complexity index is 537. The molecule has 130 valence electrons. The maximum absolute atomic E-state index is 12.8. The van der Waals surface area contributed by atoms with Crippen LogP contribution in [0.15, 0.2) is 34.3 Å². The third kappa shape index (κ3) is 5.88. The second-order valence-electron chi connectivity index (χ2n) is 5.45. The van der Waals surface area contributed by atoms with Crippen LogP contribution in [-0.4, -0.2) is 28.9 Å². The molecule has 1 fully saturated rings. The minimum atomic E-state index is -0.313. The standard InChI is InChI=1S/C15H22FN5.2ClH/c1-10-4-3-5-11(2)21(10)15(18)20-14(17)19-13-8-6-12(16)7-9-13;;/h6-11H,3-5H2,1-2H3,(H4,17,18,19,20);2*1H. The summed E-state index contributed by atoms with van der Waals surface area (Å²) in [6, 6.07) is 6.43. The quantitative estimate of drug-likeness (QED) is 0.593. The molecule has 1 aliphatic rings. The number of piperidine rings is 1. The minimum Gasteiger partial charge on any atom is -0.369 e. The number of aliphatic imine (C=N–C) groups is 2. The zero-order valence-electron chi connectivity index (χ0n) is 13.3. The van der Waals surface area contributed by atoms with E-state index in [1.807, 2.05) is 0 Å². The van der Waals surface area contributed by atoms with Gasteiger partial charge in [-0.05, 0) is 57.4 Å². The summed E-state index contributed by atoms with van der Waals surface area (Å²) in [7, 11) is 0. The Balaban J connectivity index is 0.00000242. The van der Waals surface area contributed by atoms with Gasteiger partial charge in [-0.15, -0.1) is 24.8 Å². The summed E-state index contributed by atoms with van der Waals surface area (Å²) in [4.78, 5) is 10.4. The molecule has 0 saturated carbocycles. The Kier molecular flexibility index (Phi) is 8.94. The molecule has 4 N–H and O–H groups in total. The van der Waals surface area contributed by atoms with E-state index in [9.17, 15) is 4.39 Å². The second kappa shape index (κ2) is 9.57. The number of nitrogens with two attached hydrogens (primary N) is 2. The molecular formula is C15H24Cl2FN5. The normalized spacial score (nSPS) is 22.1. The molecule has 0 amide bonds. The van der Waals surface area contributed by atoms with Crippen LogP contribution < -0.4 is 11.5 Å². The maximum Gasteiger partial charge on any atom is 0.223 e. The Morgan fingerprint density at radius 2 is 1.61 bits per heavy atom. The molecule has 0 aliphatic carbocycles. The van der Waals surface area contributed by atoms with Gasteiger partial charge in [0.15, 0.2) is 5.96 Å². The first-order valence-corrected chi connectivity index (χ1v) is 7.19. The molecule has 0 spiro atoms. The van der Waals surface area contributed by atoms with E-state index >= 15 is 0 Å². The lowest BCUT2D eigenvalue weighted by Crippen LogP contribution is -2.51. The highest BCUT2D eigenvalue weighted by atomic mass is 35.5. The third-order valence-electron chi connectivity index (χ3n) is 3.76. The van der Waals surface area contributed by atoms with Gasteiger partial charge in [-0.1, -0.05) is 0 Å². The molecular weight excluding hydrogens is 340 g/mol. The van der Waals surface area contributed by atoms with Gasteiger partial charge in [0.25, 0.3) is 0 Å². The van der Waals surface area contributed by atoms with E-state index in [0.29, 0.717) is 23.7 Å². The number of hydrogen-bond acceptors (Lipinski definition) is 1. The van der Waals surface area contributed by atoms with Gasteiger partial charge in [-0.2, -0.15) is 4.99 Å². The van der Waals surface area contributed by atoms with E-state index in [1.54, 1.807) is 12.1 Å². The van der Waals surface area contributed by atoms with Crippen molar-refractivity contribution in [3.05, 3.63) is 30.1 Å². The first kappa shape index (κ1) is 21.5. The van der Waals surface area contributed by atoms with Gasteiger partial charge in [0.05, 0.1) is 5.69 Å². The van der Waals surface area contributed by atoms with Crippen LogP contribution in [0.1, 0.15) is 33.1 Å². The highest BCUT2D eigenvalue weighted by Crippen LogP contribution is 2.22. The molecule has 2 unspecified atom stereocenters. The van der Waals surface area contributed by atoms with Crippen molar-refractivity contribution >= 4 is 42.4 Å². The van der Waals surface area contributed by atoms with Gasteiger partial charge in [0.1, 0.15) is 5.82 Å². The number of halogens is 3. The summed E-state index contributed by atoms with van der Waals surface area (Å²) < 4.78 is 12.8. The van der Waals surface area contributed by atoms with Crippen LogP contribution >= 0.6 is 24.8 Å². The summed E-state index contributed by atoms with van der Waals surface area (Å²) in [6.45, 7) is 4.26. The molecule has 8 heteroatoms. The van der Waals surface area contributed by atoms with Crippen LogP contribution in [0, 0.1) is 5.82 Å². The van der Waals surface area contributed by atoms with Gasteiger partial charge in [-0.3, -0.25) is 0 Å². The van der Waals surface area contributed by atoms with E-state index in [1.165, 1.54) is 18.6 Å². The SMILES string of the molecule is CC1CCCC(C)N1/C(N)=N/C(N)=Nc1ccc(F)cc1.Cl.Cl. The van der Waals surface area contributed by atoms with Crippen LogP contribution in [-0.2, 0) is 0 Å². The lowest BCUT2D eigenvalue weighted by Gasteiger charge is -2.39. The highest BCUT2D eigenvalue weighted by Gasteiger charge is 2.26. The van der Waals surface area contributed by atoms with Gasteiger partial charge in [-0.25, -0.2) is 9.38 Å². The molecule has 1 aromatic carbocycles. The van der Waals surface area contributed by atoms with Crippen molar-refractivity contribution in [3.8, 4) is 0 Å². The zero-order chi connectivity index (χ0) is 15.4. The van der Waals surface area contributed by atoms with Crippen molar-refractivity contribution in [2.24, 2.45) is 21.5 Å². The fourth-order valence-electron chi connectivity index (χ4n) is 2.72. The maximum atomic E-state index is 12.8. The summed E-state index contributed by atoms with van der Waals surface area (Å²) >= 11 is 0. The van der Waals surface area contributed by atoms with E-state index in [0.717, 1.165) is 12.8 Å². The minimum absolute atomic E-state index is 0. The third-order valence-corrected chi connectivity index (χ3v) is 3.76. The van der Waals surface area contributed by atoms with Gasteiger partial charge in [0, 0.05) is 12.1 Å². The molecule has 1 heterocycles. The molecule has 1 aliphatic heterocycles. The van der Waals surface area contributed by atoms with Crippen molar-refractivity contribution in [1.82, 2.24) is 4.90 Å². The molecule has 23 heavy (non-hydrogen) atoms. The van der Waals surface area contributed by atoms with Crippen LogP contribution in [0.25, 0.3) is 0 Å². The number of likely N-dealkylation sites (tertiary alicyclic amines) is 1. The zero-order valence-corrected chi connectivity index (χ0v) is 14.9. The summed E-state index contributed by atoms with van der Waals surface area (Å²) in [5.41, 5.74) is 12.4. The van der Waals surface area contributed by atoms with Crippen molar-refractivity contribution in [1.29, 1.82) is 0 Å². The number of guanidine groups is 2. The average molecular weight is 364 g/mol. The smallest absolute Gasteiger partial charge is 0.223 e. The molecule has 2 atom stereocenters. The molecule has 0 bridgehead atoms. The lowest BCUT2D eigenvalue weighted by molar-refractivity contribution is 0.189. The molecule has 0 aromatic heterocycles. The van der Waals surface area contributed by atoms with E-state index in [-0.39, 0.29) is 36.6 Å². The van der Waals surface area contributed by atoms with Crippen molar-refractivity contribution < 1.29 is 4.39 Å². The van der Waals surface area contributed by atoms with Gasteiger partial charge >= 0.3 is 0 Å². The molecule has 2 rings (SSSR count). The average Bonchev–Trinajstić information content (AvgIpc) is 2.41. The summed E-state index contributed by atoms with van der Waals surface area (Å²) in [6.07, 6.45) is 3.39. The first-order valence-electron chi connectivity index (χ1n) is 7.19. The molecule has 1 saturated heterocycles. The number of rotatable bonds is 1. The Morgan fingerprint density at radius 3 is 2.13 bits per heavy atom. The predicted molar refractivity (Wildman–Crippen MR) is 98.4 cm³/mol. The van der Waals surface area contributed by atoms with Gasteiger partial charge in [0.2, 0.25) is 5.96 Å². The first-order chi connectivity index (χ1) is 9.97. The predicted octanol–water partition coefficient (Wildman–Crippen LogP) is 3.19. The topological polar surface area (TPSA) is 80.0 Å². The van der Waals surface area contributed by atoms with Crippen molar-refractivity contribution in [2.75, 3.05) is 0 Å². The molecule has 1 aromatic rings. The van der Waals surface area contributed by atoms with Crippen LogP contribution in [0.4, 0.5) is 10.1 Å². The summed E-state index contributed by atoms with van der Waals surface area (Å²) in [5.74, 6) is 0.147. The monoisotopic (exact) mass is 363 g/mol. The van der Waals surface area contributed by atoms with E-state index in [2.05, 4.69) is 28.7 Å². The fourth-order valence-corrected chi connectivity index (χ4v) is 2.72. The highest BCUT2D eigenvalue weighted by molar-refractivity contribution is 5.94. The van der Waals surface area contributed by atoms with Crippen LogP contribution in [0.2, 0.25) is 0 Å². The fraction of sp³-hybridized carbons (Fsp3) is 0.467. The lowest BCUT2D eigenvalue weighted by atomic mass is 9.98. The van der Waals surface area contributed by atoms with E-state index < -0.39 is 0 Å². The largest absolute Gasteiger partial charge is 0.369 e. The number of hydrogen-bond donors (Lipinski definition) is 2. The Hall–Kier alpha value is -1.53. The van der Waals surface area contributed by atoms with Crippen LogP contribution in [0.5, 0.6) is 0 Å². The second-order valence-corrected chi connectivity index (χ2v) is 5.45. The molecule has 0 radical (unpaired) electrons. The Labute approximate surface area is 148 Å².